The Morgan fingerprint density at radius 2 is 1.75 bits per heavy atom. The van der Waals surface area contributed by atoms with Crippen LogP contribution in [-0.4, -0.2) is 15.0 Å². The van der Waals surface area contributed by atoms with E-state index in [1.807, 2.05) is 42.5 Å². The van der Waals surface area contributed by atoms with E-state index >= 15 is 0 Å². The lowest BCUT2D eigenvalue weighted by atomic mass is 10.1. The average Bonchev–Trinajstić information content (AvgIpc) is 2.85. The van der Waals surface area contributed by atoms with Crippen LogP contribution in [0.5, 0.6) is 0 Å². The van der Waals surface area contributed by atoms with E-state index in [1.54, 1.807) is 0 Å². The average molecular weight is 282 g/mol. The molecule has 0 spiro atoms. The Balaban J connectivity index is 2.14. The van der Waals surface area contributed by atoms with Gasteiger partial charge in [0.1, 0.15) is 17.5 Å². The molecule has 0 unspecified atom stereocenters. The molecule has 0 bridgehead atoms. The third kappa shape index (κ3) is 1.66. The Bertz CT molecular complexity index is 933. The van der Waals surface area contributed by atoms with Crippen molar-refractivity contribution in [1.29, 1.82) is 0 Å². The van der Waals surface area contributed by atoms with Crippen LogP contribution in [0.3, 0.4) is 0 Å². The molecule has 20 heavy (non-hydrogen) atoms. The number of halogens is 1. The van der Waals surface area contributed by atoms with Crippen molar-refractivity contribution < 1.29 is 4.42 Å². The highest BCUT2D eigenvalue weighted by molar-refractivity contribution is 6.28. The van der Waals surface area contributed by atoms with E-state index in [2.05, 4.69) is 15.0 Å². The molecule has 0 fully saturated rings. The lowest BCUT2D eigenvalue weighted by Gasteiger charge is -2.01. The Labute approximate surface area is 119 Å². The second kappa shape index (κ2) is 4.28. The van der Waals surface area contributed by atoms with E-state index < -0.39 is 0 Å². The smallest absolute Gasteiger partial charge is 0.225 e. The fourth-order valence-corrected chi connectivity index (χ4v) is 2.49. The van der Waals surface area contributed by atoms with Crippen LogP contribution in [0.4, 0.5) is 0 Å². The van der Waals surface area contributed by atoms with Gasteiger partial charge in [0.2, 0.25) is 5.28 Å². The summed E-state index contributed by atoms with van der Waals surface area (Å²) in [7, 11) is 0. The van der Waals surface area contributed by atoms with E-state index in [0.29, 0.717) is 5.82 Å². The van der Waals surface area contributed by atoms with E-state index in [0.717, 1.165) is 27.5 Å². The zero-order valence-electron chi connectivity index (χ0n) is 10.2. The molecule has 0 saturated carbocycles. The molecule has 2 heterocycles. The Hall–Kier alpha value is -2.46. The number of benzene rings is 2. The Morgan fingerprint density at radius 3 is 2.65 bits per heavy atom. The molecule has 0 aliphatic rings. The van der Waals surface area contributed by atoms with Crippen LogP contribution in [0.25, 0.3) is 33.3 Å². The predicted octanol–water partition coefficient (Wildman–Crippen LogP) is 4.09. The summed E-state index contributed by atoms with van der Waals surface area (Å²) in [4.78, 5) is 12.2. The Morgan fingerprint density at radius 1 is 0.900 bits per heavy atom. The highest BCUT2D eigenvalue weighted by Gasteiger charge is 2.13. The monoisotopic (exact) mass is 281 g/mol. The molecule has 0 saturated heterocycles. The number of hydrogen-bond donors (Lipinski definition) is 0. The number of hydrogen-bond acceptors (Lipinski definition) is 4. The molecule has 2 aromatic heterocycles. The minimum absolute atomic E-state index is 0.180. The summed E-state index contributed by atoms with van der Waals surface area (Å²) in [6.45, 7) is 0. The molecule has 0 amide bonds. The third-order valence-electron chi connectivity index (χ3n) is 3.19. The summed E-state index contributed by atoms with van der Waals surface area (Å²) in [5.41, 5.74) is 2.53. The zero-order chi connectivity index (χ0) is 13.5. The number of nitrogens with zero attached hydrogens (tertiary/aromatic N) is 3. The third-order valence-corrected chi connectivity index (χ3v) is 3.37. The van der Waals surface area contributed by atoms with Crippen molar-refractivity contribution in [3.8, 4) is 11.4 Å². The maximum atomic E-state index is 5.85. The van der Waals surface area contributed by atoms with E-state index in [-0.39, 0.29) is 5.28 Å². The van der Waals surface area contributed by atoms with Gasteiger partial charge in [-0.05, 0) is 23.7 Å². The highest BCUT2D eigenvalue weighted by Crippen LogP contribution is 2.35. The van der Waals surface area contributed by atoms with Gasteiger partial charge in [-0.1, -0.05) is 30.3 Å². The first-order valence-corrected chi connectivity index (χ1v) is 6.46. The molecule has 4 aromatic rings. The molecule has 5 heteroatoms. The molecule has 0 N–H and O–H groups in total. The van der Waals surface area contributed by atoms with Crippen molar-refractivity contribution in [3.63, 3.8) is 0 Å². The first-order valence-electron chi connectivity index (χ1n) is 6.08. The van der Waals surface area contributed by atoms with Crippen molar-refractivity contribution >= 4 is 33.5 Å². The molecule has 0 aliphatic heterocycles. The van der Waals surface area contributed by atoms with Gasteiger partial charge in [0.05, 0.1) is 0 Å². The number of fused-ring (bicyclic) bond motifs is 3. The van der Waals surface area contributed by atoms with Crippen molar-refractivity contribution in [2.24, 2.45) is 0 Å². The summed E-state index contributed by atoms with van der Waals surface area (Å²) in [6.07, 6.45) is 1.41. The zero-order valence-corrected chi connectivity index (χ0v) is 11.0. The van der Waals surface area contributed by atoms with Gasteiger partial charge in [-0.15, -0.1) is 0 Å². The molecule has 2 aromatic carbocycles. The molecule has 4 nitrogen and oxygen atoms in total. The van der Waals surface area contributed by atoms with Crippen LogP contribution in [0.15, 0.2) is 53.2 Å². The normalized spacial score (nSPS) is 11.2. The second-order valence-electron chi connectivity index (χ2n) is 4.36. The lowest BCUT2D eigenvalue weighted by Crippen LogP contribution is -1.91. The van der Waals surface area contributed by atoms with Crippen molar-refractivity contribution in [2.75, 3.05) is 0 Å². The minimum atomic E-state index is 0.180. The Kier molecular flexibility index (Phi) is 2.44. The first kappa shape index (κ1) is 11.4. The maximum absolute atomic E-state index is 5.85. The quantitative estimate of drug-likeness (QED) is 0.527. The van der Waals surface area contributed by atoms with Crippen LogP contribution in [0, 0.1) is 0 Å². The fraction of sp³-hybridized carbons (Fsp3) is 0. The van der Waals surface area contributed by atoms with Gasteiger partial charge in [-0.25, -0.2) is 9.97 Å². The second-order valence-corrected chi connectivity index (χ2v) is 4.69. The summed E-state index contributed by atoms with van der Waals surface area (Å²) in [6, 6.07) is 13.7. The van der Waals surface area contributed by atoms with Gasteiger partial charge in [0.15, 0.2) is 5.82 Å². The van der Waals surface area contributed by atoms with Crippen LogP contribution in [0.2, 0.25) is 5.28 Å². The van der Waals surface area contributed by atoms with Gasteiger partial charge in [0, 0.05) is 16.3 Å². The molecule has 96 valence electrons. The van der Waals surface area contributed by atoms with Crippen molar-refractivity contribution in [1.82, 2.24) is 15.0 Å². The number of para-hydroxylation sites is 1. The molecule has 4 rings (SSSR count). The summed E-state index contributed by atoms with van der Waals surface area (Å²) in [5.74, 6) is 0.544. The molecule has 0 aliphatic carbocycles. The lowest BCUT2D eigenvalue weighted by molar-refractivity contribution is 0.669. The predicted molar refractivity (Wildman–Crippen MR) is 77.6 cm³/mol. The summed E-state index contributed by atoms with van der Waals surface area (Å²) < 4.78 is 5.84. The first-order chi connectivity index (χ1) is 9.83. The number of rotatable bonds is 1. The summed E-state index contributed by atoms with van der Waals surface area (Å²) >= 11 is 5.85. The van der Waals surface area contributed by atoms with Crippen LogP contribution in [0.1, 0.15) is 0 Å². The summed E-state index contributed by atoms with van der Waals surface area (Å²) in [5, 5.41) is 2.21. The topological polar surface area (TPSA) is 51.8 Å². The molecular weight excluding hydrogens is 274 g/mol. The molecule has 0 radical (unpaired) electrons. The fourth-order valence-electron chi connectivity index (χ4n) is 2.37. The van der Waals surface area contributed by atoms with Gasteiger partial charge in [-0.3, -0.25) is 0 Å². The van der Waals surface area contributed by atoms with E-state index in [1.165, 1.54) is 6.33 Å². The maximum Gasteiger partial charge on any atom is 0.225 e. The van der Waals surface area contributed by atoms with E-state index in [9.17, 15) is 0 Å². The van der Waals surface area contributed by atoms with Crippen LogP contribution < -0.4 is 0 Å². The number of aromatic nitrogens is 3. The number of furan rings is 1. The molecule has 0 atom stereocenters. The van der Waals surface area contributed by atoms with E-state index in [4.69, 9.17) is 16.0 Å². The van der Waals surface area contributed by atoms with Crippen molar-refractivity contribution in [2.45, 2.75) is 0 Å². The van der Waals surface area contributed by atoms with Crippen LogP contribution >= 0.6 is 11.6 Å². The van der Waals surface area contributed by atoms with Gasteiger partial charge in [0.25, 0.3) is 0 Å². The van der Waals surface area contributed by atoms with Gasteiger partial charge in [-0.2, -0.15) is 4.98 Å². The SMILES string of the molecule is Clc1ncnc(-c2cccc3oc4ccccc4c23)n1. The van der Waals surface area contributed by atoms with Crippen molar-refractivity contribution in [3.05, 3.63) is 54.1 Å². The standard InChI is InChI=1S/C15H8ClN3O/c16-15-18-8-17-14(19-15)10-5-3-7-12-13(10)9-4-1-2-6-11(9)20-12/h1-8H. The highest BCUT2D eigenvalue weighted by atomic mass is 35.5. The largest absolute Gasteiger partial charge is 0.456 e. The molecular formula is C15H8ClN3O. The van der Waals surface area contributed by atoms with Gasteiger partial charge >= 0.3 is 0 Å². The van der Waals surface area contributed by atoms with Crippen LogP contribution in [-0.2, 0) is 0 Å². The minimum Gasteiger partial charge on any atom is -0.456 e. The van der Waals surface area contributed by atoms with Gasteiger partial charge < -0.3 is 4.42 Å².